The van der Waals surface area contributed by atoms with E-state index in [2.05, 4.69) is 11.9 Å². The zero-order chi connectivity index (χ0) is 24.6. The fourth-order valence-corrected chi connectivity index (χ4v) is 4.46. The number of hydrogen-bond acceptors (Lipinski definition) is 5. The Labute approximate surface area is 204 Å². The topological polar surface area (TPSA) is 51.2 Å². The summed E-state index contributed by atoms with van der Waals surface area (Å²) in [6, 6.07) is 6.00. The van der Waals surface area contributed by atoms with Crippen LogP contribution in [0.2, 0.25) is 0 Å². The molecule has 2 aliphatic rings. The molecule has 2 fully saturated rings. The van der Waals surface area contributed by atoms with Crippen molar-refractivity contribution >= 4 is 6.09 Å². The number of piperidine rings is 2. The summed E-state index contributed by atoms with van der Waals surface area (Å²) >= 11 is 0. The maximum atomic E-state index is 12.7. The van der Waals surface area contributed by atoms with Crippen LogP contribution in [0, 0.1) is 11.8 Å². The summed E-state index contributed by atoms with van der Waals surface area (Å²) in [6.07, 6.45) is 5.05. The number of alkyl halides is 1. The van der Waals surface area contributed by atoms with Crippen molar-refractivity contribution in [1.82, 2.24) is 9.80 Å². The van der Waals surface area contributed by atoms with Gasteiger partial charge in [-0.15, -0.1) is 0 Å². The van der Waals surface area contributed by atoms with E-state index in [0.717, 1.165) is 55.8 Å². The lowest BCUT2D eigenvalue weighted by Crippen LogP contribution is -2.42. The molecule has 2 saturated heterocycles. The van der Waals surface area contributed by atoms with Crippen LogP contribution in [0.25, 0.3) is 0 Å². The van der Waals surface area contributed by atoms with E-state index in [0.29, 0.717) is 51.0 Å². The molecule has 1 aromatic carbocycles. The number of hydrogen-bond donors (Lipinski definition) is 0. The van der Waals surface area contributed by atoms with Gasteiger partial charge in [0.1, 0.15) is 5.60 Å². The molecule has 1 amide bonds. The van der Waals surface area contributed by atoms with Crippen LogP contribution in [0.5, 0.6) is 11.5 Å². The van der Waals surface area contributed by atoms with Crippen LogP contribution in [0.4, 0.5) is 9.18 Å². The Morgan fingerprint density at radius 2 is 1.56 bits per heavy atom. The highest BCUT2D eigenvalue weighted by Crippen LogP contribution is 2.32. The van der Waals surface area contributed by atoms with Crippen molar-refractivity contribution in [1.29, 1.82) is 0 Å². The Balaban J connectivity index is 1.53. The third-order valence-corrected chi connectivity index (χ3v) is 6.66. The van der Waals surface area contributed by atoms with Gasteiger partial charge in [0, 0.05) is 13.1 Å². The zero-order valence-electron chi connectivity index (χ0n) is 21.5. The second-order valence-electron chi connectivity index (χ2n) is 10.9. The smallest absolute Gasteiger partial charge is 0.410 e. The van der Waals surface area contributed by atoms with Gasteiger partial charge >= 0.3 is 6.09 Å². The number of carbonyl (C=O) groups is 1. The van der Waals surface area contributed by atoms with Gasteiger partial charge < -0.3 is 24.0 Å². The average molecular weight is 479 g/mol. The molecule has 2 heterocycles. The quantitative estimate of drug-likeness (QED) is 0.480. The highest BCUT2D eigenvalue weighted by Gasteiger charge is 2.27. The predicted octanol–water partition coefficient (Wildman–Crippen LogP) is 5.34. The van der Waals surface area contributed by atoms with Crippen molar-refractivity contribution in [3.05, 3.63) is 23.8 Å². The first-order valence-electron chi connectivity index (χ1n) is 12.8. The van der Waals surface area contributed by atoms with Crippen molar-refractivity contribution in [2.24, 2.45) is 11.8 Å². The van der Waals surface area contributed by atoms with Gasteiger partial charge in [-0.3, -0.25) is 4.39 Å². The molecule has 0 radical (unpaired) electrons. The van der Waals surface area contributed by atoms with E-state index < -0.39 is 5.60 Å². The predicted molar refractivity (Wildman–Crippen MR) is 132 cm³/mol. The highest BCUT2D eigenvalue weighted by atomic mass is 19.1. The zero-order valence-corrected chi connectivity index (χ0v) is 21.5. The van der Waals surface area contributed by atoms with Crippen molar-refractivity contribution in [3.8, 4) is 11.5 Å². The number of amides is 1. The standard InChI is InChI=1S/C27H43FN2O4/c1-27(2,3)34-26(31)30-16-11-23(12-17-30)19-32-24-8-7-21(6-5-13-28)18-25(24)33-20-22-9-14-29(4)15-10-22/h7-8,18,22-23H,5-6,9-17,19-20H2,1-4H3. The molecule has 0 aliphatic carbocycles. The van der Waals surface area contributed by atoms with E-state index in [1.54, 1.807) is 4.90 Å². The molecular weight excluding hydrogens is 435 g/mol. The normalized spacial score (nSPS) is 18.7. The molecule has 0 N–H and O–H groups in total. The number of likely N-dealkylation sites (tertiary alicyclic amines) is 2. The lowest BCUT2D eigenvalue weighted by Gasteiger charge is -2.33. The van der Waals surface area contributed by atoms with Crippen LogP contribution in [-0.2, 0) is 11.2 Å². The second-order valence-corrected chi connectivity index (χ2v) is 10.9. The minimum atomic E-state index is -0.475. The van der Waals surface area contributed by atoms with E-state index in [1.807, 2.05) is 39.0 Å². The number of nitrogens with zero attached hydrogens (tertiary/aromatic N) is 2. The molecular formula is C27H43FN2O4. The minimum Gasteiger partial charge on any atom is -0.489 e. The summed E-state index contributed by atoms with van der Waals surface area (Å²) in [5.41, 5.74) is 0.603. The number of benzene rings is 1. The molecule has 0 bridgehead atoms. The van der Waals surface area contributed by atoms with Crippen LogP contribution >= 0.6 is 0 Å². The number of halogens is 1. The van der Waals surface area contributed by atoms with Gasteiger partial charge in [0.05, 0.1) is 19.9 Å². The molecule has 0 unspecified atom stereocenters. The van der Waals surface area contributed by atoms with Crippen LogP contribution < -0.4 is 9.47 Å². The van der Waals surface area contributed by atoms with Gasteiger partial charge in [0.2, 0.25) is 0 Å². The molecule has 7 heteroatoms. The summed E-state index contributed by atoms with van der Waals surface area (Å²) < 4.78 is 30.7. The van der Waals surface area contributed by atoms with Crippen molar-refractivity contribution in [2.75, 3.05) is 53.1 Å². The SMILES string of the molecule is CN1CCC(COc2cc(CCCF)ccc2OCC2CCN(C(=O)OC(C)(C)C)CC2)CC1. The Morgan fingerprint density at radius 1 is 0.971 bits per heavy atom. The highest BCUT2D eigenvalue weighted by molar-refractivity contribution is 5.68. The molecule has 1 aromatic rings. The molecule has 2 aliphatic heterocycles. The fourth-order valence-electron chi connectivity index (χ4n) is 4.46. The van der Waals surface area contributed by atoms with Crippen molar-refractivity contribution in [3.63, 3.8) is 0 Å². The van der Waals surface area contributed by atoms with Gasteiger partial charge in [-0.2, -0.15) is 0 Å². The molecule has 6 nitrogen and oxygen atoms in total. The Hall–Kier alpha value is -2.02. The Morgan fingerprint density at radius 3 is 2.15 bits per heavy atom. The minimum absolute atomic E-state index is 0.236. The summed E-state index contributed by atoms with van der Waals surface area (Å²) in [5, 5.41) is 0. The second kappa shape index (κ2) is 12.6. The summed E-state index contributed by atoms with van der Waals surface area (Å²) in [6.45, 7) is 10.2. The van der Waals surface area contributed by atoms with Crippen LogP contribution in [-0.4, -0.2) is 74.6 Å². The molecule has 192 valence electrons. The lowest BCUT2D eigenvalue weighted by molar-refractivity contribution is 0.0164. The van der Waals surface area contributed by atoms with Gasteiger partial charge in [0.25, 0.3) is 0 Å². The summed E-state index contributed by atoms with van der Waals surface area (Å²) in [5.74, 6) is 2.45. The van der Waals surface area contributed by atoms with Gasteiger partial charge in [0.15, 0.2) is 11.5 Å². The third kappa shape index (κ3) is 8.64. The third-order valence-electron chi connectivity index (χ3n) is 6.66. The first-order valence-corrected chi connectivity index (χ1v) is 12.8. The van der Waals surface area contributed by atoms with E-state index in [4.69, 9.17) is 14.2 Å². The number of ether oxygens (including phenoxy) is 3. The number of aryl methyl sites for hydroxylation is 1. The van der Waals surface area contributed by atoms with E-state index in [9.17, 15) is 9.18 Å². The van der Waals surface area contributed by atoms with Gasteiger partial charge in [-0.1, -0.05) is 6.07 Å². The fraction of sp³-hybridized carbons (Fsp3) is 0.741. The van der Waals surface area contributed by atoms with Crippen LogP contribution in [0.1, 0.15) is 58.4 Å². The largest absolute Gasteiger partial charge is 0.489 e. The molecule has 0 spiro atoms. The van der Waals surface area contributed by atoms with Gasteiger partial charge in [-0.25, -0.2) is 4.79 Å². The summed E-state index contributed by atoms with van der Waals surface area (Å²) in [4.78, 5) is 16.4. The summed E-state index contributed by atoms with van der Waals surface area (Å²) in [7, 11) is 2.16. The number of carbonyl (C=O) groups excluding carboxylic acids is 1. The molecule has 34 heavy (non-hydrogen) atoms. The Kier molecular flexibility index (Phi) is 9.86. The monoisotopic (exact) mass is 478 g/mol. The molecule has 0 saturated carbocycles. The van der Waals surface area contributed by atoms with E-state index in [1.165, 1.54) is 0 Å². The molecule has 3 rings (SSSR count). The maximum absolute atomic E-state index is 12.7. The van der Waals surface area contributed by atoms with Crippen LogP contribution in [0.15, 0.2) is 18.2 Å². The lowest BCUT2D eigenvalue weighted by atomic mass is 9.98. The maximum Gasteiger partial charge on any atom is 0.410 e. The van der Waals surface area contributed by atoms with E-state index >= 15 is 0 Å². The first-order chi connectivity index (χ1) is 16.2. The van der Waals surface area contributed by atoms with Crippen molar-refractivity contribution in [2.45, 2.75) is 64.9 Å². The van der Waals surface area contributed by atoms with Gasteiger partial charge in [-0.05, 0) is 109 Å². The van der Waals surface area contributed by atoms with Crippen LogP contribution in [0.3, 0.4) is 0 Å². The average Bonchev–Trinajstić information content (AvgIpc) is 2.81. The molecule has 0 atom stereocenters. The number of rotatable bonds is 9. The van der Waals surface area contributed by atoms with E-state index in [-0.39, 0.29) is 12.8 Å². The van der Waals surface area contributed by atoms with Crippen molar-refractivity contribution < 1.29 is 23.4 Å². The Bertz CT molecular complexity index is 766. The first kappa shape index (κ1) is 26.6. The molecule has 0 aromatic heterocycles.